The SMILES string of the molecule is CCC(C)N(CC)Cc1ccc(CNC2CC2)cc1. The number of rotatable bonds is 8. The first kappa shape index (κ1) is 14.5. The summed E-state index contributed by atoms with van der Waals surface area (Å²) in [5, 5.41) is 3.56. The Kier molecular flexibility index (Phi) is 5.41. The zero-order valence-corrected chi connectivity index (χ0v) is 12.7. The largest absolute Gasteiger partial charge is 0.310 e. The highest BCUT2D eigenvalue weighted by molar-refractivity contribution is 5.22. The van der Waals surface area contributed by atoms with Gasteiger partial charge in [-0.3, -0.25) is 4.90 Å². The predicted molar refractivity (Wildman–Crippen MR) is 82.1 cm³/mol. The third-order valence-corrected chi connectivity index (χ3v) is 4.20. The molecule has 1 N–H and O–H groups in total. The van der Waals surface area contributed by atoms with Crippen LogP contribution in [0, 0.1) is 0 Å². The molecule has 1 saturated carbocycles. The van der Waals surface area contributed by atoms with Crippen LogP contribution in [-0.4, -0.2) is 23.5 Å². The highest BCUT2D eigenvalue weighted by Gasteiger charge is 2.19. The molecule has 0 aliphatic heterocycles. The van der Waals surface area contributed by atoms with Gasteiger partial charge in [-0.05, 0) is 43.9 Å². The van der Waals surface area contributed by atoms with Crippen molar-refractivity contribution in [1.82, 2.24) is 10.2 Å². The van der Waals surface area contributed by atoms with Gasteiger partial charge in [0.05, 0.1) is 0 Å². The third-order valence-electron chi connectivity index (χ3n) is 4.20. The quantitative estimate of drug-likeness (QED) is 0.769. The maximum Gasteiger partial charge on any atom is 0.0236 e. The standard InChI is InChI=1S/C17H28N2/c1-4-14(3)19(5-2)13-16-8-6-15(7-9-16)12-18-17-10-11-17/h6-9,14,17-18H,4-5,10-13H2,1-3H3. The van der Waals surface area contributed by atoms with E-state index in [4.69, 9.17) is 0 Å². The van der Waals surface area contributed by atoms with E-state index in [1.54, 1.807) is 0 Å². The molecule has 106 valence electrons. The molecule has 2 rings (SSSR count). The molecule has 1 fully saturated rings. The molecule has 1 atom stereocenters. The van der Waals surface area contributed by atoms with Crippen molar-refractivity contribution in [2.45, 2.75) is 65.2 Å². The first-order valence-corrected chi connectivity index (χ1v) is 7.78. The lowest BCUT2D eigenvalue weighted by atomic mass is 10.1. The fraction of sp³-hybridized carbons (Fsp3) is 0.647. The van der Waals surface area contributed by atoms with E-state index >= 15 is 0 Å². The lowest BCUT2D eigenvalue weighted by Gasteiger charge is -2.27. The van der Waals surface area contributed by atoms with Crippen LogP contribution in [0.2, 0.25) is 0 Å². The summed E-state index contributed by atoms with van der Waals surface area (Å²) in [6.07, 6.45) is 3.94. The maximum absolute atomic E-state index is 3.56. The number of nitrogens with one attached hydrogen (secondary N) is 1. The van der Waals surface area contributed by atoms with E-state index in [1.807, 2.05) is 0 Å². The molecule has 2 heteroatoms. The second-order valence-electron chi connectivity index (χ2n) is 5.79. The van der Waals surface area contributed by atoms with Crippen LogP contribution in [0.5, 0.6) is 0 Å². The molecular weight excluding hydrogens is 232 g/mol. The highest BCUT2D eigenvalue weighted by atomic mass is 15.1. The van der Waals surface area contributed by atoms with Crippen LogP contribution >= 0.6 is 0 Å². The van der Waals surface area contributed by atoms with Crippen molar-refractivity contribution in [2.24, 2.45) is 0 Å². The van der Waals surface area contributed by atoms with Crippen LogP contribution in [0.3, 0.4) is 0 Å². The van der Waals surface area contributed by atoms with Gasteiger partial charge in [0.25, 0.3) is 0 Å². The van der Waals surface area contributed by atoms with E-state index in [-0.39, 0.29) is 0 Å². The fourth-order valence-electron chi connectivity index (χ4n) is 2.38. The van der Waals surface area contributed by atoms with Crippen molar-refractivity contribution >= 4 is 0 Å². The van der Waals surface area contributed by atoms with Gasteiger partial charge in [0.1, 0.15) is 0 Å². The maximum atomic E-state index is 3.56. The van der Waals surface area contributed by atoms with Crippen LogP contribution in [0.1, 0.15) is 51.2 Å². The van der Waals surface area contributed by atoms with Crippen molar-refractivity contribution in [2.75, 3.05) is 6.54 Å². The average Bonchev–Trinajstić information content (AvgIpc) is 3.27. The number of nitrogens with zero attached hydrogens (tertiary/aromatic N) is 1. The lowest BCUT2D eigenvalue weighted by molar-refractivity contribution is 0.206. The Labute approximate surface area is 118 Å². The Morgan fingerprint density at radius 1 is 1.16 bits per heavy atom. The minimum atomic E-state index is 0.668. The van der Waals surface area contributed by atoms with Crippen molar-refractivity contribution in [3.63, 3.8) is 0 Å². The summed E-state index contributed by atoms with van der Waals surface area (Å²) < 4.78 is 0. The van der Waals surface area contributed by atoms with Crippen LogP contribution in [0.15, 0.2) is 24.3 Å². The van der Waals surface area contributed by atoms with Crippen LogP contribution in [0.4, 0.5) is 0 Å². The van der Waals surface area contributed by atoms with E-state index in [2.05, 4.69) is 55.3 Å². The molecule has 0 saturated heterocycles. The summed E-state index contributed by atoms with van der Waals surface area (Å²) in [5.74, 6) is 0. The molecule has 0 bridgehead atoms. The van der Waals surface area contributed by atoms with Crippen LogP contribution in [0.25, 0.3) is 0 Å². The number of hydrogen-bond donors (Lipinski definition) is 1. The molecule has 0 amide bonds. The lowest BCUT2D eigenvalue weighted by Crippen LogP contribution is -2.31. The summed E-state index contributed by atoms with van der Waals surface area (Å²) in [6, 6.07) is 10.6. The van der Waals surface area contributed by atoms with Gasteiger partial charge in [-0.15, -0.1) is 0 Å². The highest BCUT2D eigenvalue weighted by Crippen LogP contribution is 2.19. The summed E-state index contributed by atoms with van der Waals surface area (Å²) >= 11 is 0. The van der Waals surface area contributed by atoms with Gasteiger partial charge in [-0.1, -0.05) is 38.1 Å². The van der Waals surface area contributed by atoms with Gasteiger partial charge in [0, 0.05) is 25.2 Å². The normalized spacial score (nSPS) is 16.8. The molecule has 1 unspecified atom stereocenters. The summed E-state index contributed by atoms with van der Waals surface area (Å²) in [5.41, 5.74) is 2.83. The topological polar surface area (TPSA) is 15.3 Å². The molecule has 1 aromatic rings. The van der Waals surface area contributed by atoms with Gasteiger partial charge < -0.3 is 5.32 Å². The van der Waals surface area contributed by atoms with Gasteiger partial charge in [0.2, 0.25) is 0 Å². The number of hydrogen-bond acceptors (Lipinski definition) is 2. The van der Waals surface area contributed by atoms with Crippen LogP contribution in [-0.2, 0) is 13.1 Å². The molecule has 1 aromatic carbocycles. The first-order valence-electron chi connectivity index (χ1n) is 7.78. The molecule has 0 heterocycles. The van der Waals surface area contributed by atoms with E-state index < -0.39 is 0 Å². The second-order valence-corrected chi connectivity index (χ2v) is 5.79. The zero-order valence-electron chi connectivity index (χ0n) is 12.7. The Morgan fingerprint density at radius 3 is 2.32 bits per heavy atom. The molecule has 0 radical (unpaired) electrons. The number of benzene rings is 1. The molecule has 1 aliphatic carbocycles. The minimum absolute atomic E-state index is 0.668. The Morgan fingerprint density at radius 2 is 1.79 bits per heavy atom. The monoisotopic (exact) mass is 260 g/mol. The van der Waals surface area contributed by atoms with E-state index in [0.29, 0.717) is 6.04 Å². The second kappa shape index (κ2) is 7.06. The first-order chi connectivity index (χ1) is 9.22. The summed E-state index contributed by atoms with van der Waals surface area (Å²) in [7, 11) is 0. The van der Waals surface area contributed by atoms with Crippen molar-refractivity contribution in [1.29, 1.82) is 0 Å². The van der Waals surface area contributed by atoms with Crippen LogP contribution < -0.4 is 5.32 Å². The van der Waals surface area contributed by atoms with Crippen molar-refractivity contribution < 1.29 is 0 Å². The zero-order chi connectivity index (χ0) is 13.7. The molecule has 1 aliphatic rings. The third kappa shape index (κ3) is 4.63. The Hall–Kier alpha value is -0.860. The minimum Gasteiger partial charge on any atom is -0.310 e. The summed E-state index contributed by atoms with van der Waals surface area (Å²) in [6.45, 7) is 10.0. The van der Waals surface area contributed by atoms with E-state index in [0.717, 1.165) is 25.7 Å². The molecular formula is C17H28N2. The fourth-order valence-corrected chi connectivity index (χ4v) is 2.38. The van der Waals surface area contributed by atoms with Crippen molar-refractivity contribution in [3.05, 3.63) is 35.4 Å². The molecule has 19 heavy (non-hydrogen) atoms. The smallest absolute Gasteiger partial charge is 0.0236 e. The molecule has 0 spiro atoms. The van der Waals surface area contributed by atoms with Gasteiger partial charge in [-0.2, -0.15) is 0 Å². The van der Waals surface area contributed by atoms with Crippen molar-refractivity contribution in [3.8, 4) is 0 Å². The van der Waals surface area contributed by atoms with Gasteiger partial charge in [0.15, 0.2) is 0 Å². The summed E-state index contributed by atoms with van der Waals surface area (Å²) in [4.78, 5) is 2.54. The van der Waals surface area contributed by atoms with E-state index in [9.17, 15) is 0 Å². The average molecular weight is 260 g/mol. The molecule has 0 aromatic heterocycles. The Balaban J connectivity index is 1.85. The van der Waals surface area contributed by atoms with E-state index in [1.165, 1.54) is 30.4 Å². The van der Waals surface area contributed by atoms with Gasteiger partial charge in [-0.25, -0.2) is 0 Å². The molecule has 2 nitrogen and oxygen atoms in total. The Bertz CT molecular complexity index is 367. The predicted octanol–water partition coefficient (Wildman–Crippen LogP) is 3.56. The van der Waals surface area contributed by atoms with Gasteiger partial charge >= 0.3 is 0 Å².